The third-order valence-electron chi connectivity index (χ3n) is 3.52. The minimum Gasteiger partial charge on any atom is -0.497 e. The smallest absolute Gasteiger partial charge is 0.497 e. The third-order valence-corrected chi connectivity index (χ3v) is 4.41. The number of rotatable bonds is 7. The molecule has 3 rings (SSSR count). The van der Waals surface area contributed by atoms with Gasteiger partial charge in [-0.15, -0.1) is 23.4 Å². The van der Waals surface area contributed by atoms with Crippen LogP contribution in [0.15, 0.2) is 52.1 Å². The van der Waals surface area contributed by atoms with E-state index in [1.165, 1.54) is 36.0 Å². The van der Waals surface area contributed by atoms with Crippen molar-refractivity contribution in [1.29, 1.82) is 0 Å². The first-order valence-corrected chi connectivity index (χ1v) is 8.89. The molecule has 0 atom stereocenters. The lowest BCUT2D eigenvalue weighted by Gasteiger charge is -2.08. The molecule has 0 aliphatic heterocycles. The summed E-state index contributed by atoms with van der Waals surface area (Å²) < 4.78 is 56.4. The van der Waals surface area contributed by atoms with Gasteiger partial charge in [-0.1, -0.05) is 23.9 Å². The normalized spacial score (nSPS) is 11.3. The Balaban J connectivity index is 1.65. The summed E-state index contributed by atoms with van der Waals surface area (Å²) in [5, 5.41) is 8.31. The van der Waals surface area contributed by atoms with Gasteiger partial charge in [0, 0.05) is 17.4 Å². The minimum atomic E-state index is -4.71. The van der Waals surface area contributed by atoms with Gasteiger partial charge >= 0.3 is 6.36 Å². The van der Waals surface area contributed by atoms with Crippen LogP contribution in [0.5, 0.6) is 17.2 Å². The van der Waals surface area contributed by atoms with Crippen molar-refractivity contribution in [3.05, 3.63) is 48.0 Å². The highest BCUT2D eigenvalue weighted by Crippen LogP contribution is 2.31. The zero-order valence-corrected chi connectivity index (χ0v) is 15.6. The Morgan fingerprint density at radius 3 is 2.14 bits per heavy atom. The van der Waals surface area contributed by atoms with Gasteiger partial charge in [0.15, 0.2) is 0 Å². The van der Waals surface area contributed by atoms with Gasteiger partial charge in [0.25, 0.3) is 5.22 Å². The van der Waals surface area contributed by atoms with Crippen molar-refractivity contribution in [1.82, 2.24) is 10.2 Å². The number of thioether (sulfide) groups is 1. The highest BCUT2D eigenvalue weighted by Gasteiger charge is 2.30. The highest BCUT2D eigenvalue weighted by atomic mass is 32.2. The summed E-state index contributed by atoms with van der Waals surface area (Å²) in [6.07, 6.45) is -4.71. The molecule has 0 saturated carbocycles. The molecule has 3 aromatic rings. The number of ether oxygens (including phenoxy) is 3. The molecule has 0 saturated heterocycles. The van der Waals surface area contributed by atoms with Gasteiger partial charge in [-0.2, -0.15) is 0 Å². The molecule has 0 radical (unpaired) electrons. The van der Waals surface area contributed by atoms with Gasteiger partial charge in [0.1, 0.15) is 17.2 Å². The zero-order chi connectivity index (χ0) is 20.1. The first-order chi connectivity index (χ1) is 13.4. The molecular weight excluding hydrogens is 397 g/mol. The molecule has 0 unspecified atom stereocenters. The molecule has 148 valence electrons. The molecule has 0 bridgehead atoms. The van der Waals surface area contributed by atoms with E-state index in [1.54, 1.807) is 32.4 Å². The summed E-state index contributed by atoms with van der Waals surface area (Å²) in [6, 6.07) is 10.8. The van der Waals surface area contributed by atoms with Gasteiger partial charge in [0.05, 0.1) is 14.2 Å². The van der Waals surface area contributed by atoms with Crippen molar-refractivity contribution in [2.24, 2.45) is 0 Å². The average molecular weight is 412 g/mol. The molecule has 6 nitrogen and oxygen atoms in total. The summed E-state index contributed by atoms with van der Waals surface area (Å²) in [4.78, 5) is 0. The molecule has 0 spiro atoms. The van der Waals surface area contributed by atoms with Gasteiger partial charge < -0.3 is 18.6 Å². The summed E-state index contributed by atoms with van der Waals surface area (Å²) in [5.41, 5.74) is 1.42. The Labute approximate surface area is 162 Å². The van der Waals surface area contributed by atoms with E-state index in [0.717, 1.165) is 5.56 Å². The van der Waals surface area contributed by atoms with Crippen LogP contribution >= 0.6 is 11.8 Å². The molecule has 0 amide bonds. The molecule has 2 aromatic carbocycles. The zero-order valence-electron chi connectivity index (χ0n) is 14.8. The molecular formula is C18H15F3N2O4S. The SMILES string of the molecule is COc1cc(OC)cc(-c2nnc(SCc3ccc(OC(F)(F)F)cc3)o2)c1. The van der Waals surface area contributed by atoms with E-state index >= 15 is 0 Å². The van der Waals surface area contributed by atoms with E-state index in [0.29, 0.717) is 33.9 Å². The number of aromatic nitrogens is 2. The summed E-state index contributed by atoms with van der Waals surface area (Å²) in [6.45, 7) is 0. The third kappa shape index (κ3) is 5.32. The maximum atomic E-state index is 12.2. The number of nitrogens with zero attached hydrogens (tertiary/aromatic N) is 2. The number of alkyl halides is 3. The number of hydrogen-bond donors (Lipinski definition) is 0. The Kier molecular flexibility index (Phi) is 5.98. The largest absolute Gasteiger partial charge is 0.573 e. The van der Waals surface area contributed by atoms with E-state index < -0.39 is 6.36 Å². The molecule has 0 aliphatic rings. The molecule has 0 fully saturated rings. The highest BCUT2D eigenvalue weighted by molar-refractivity contribution is 7.98. The molecule has 10 heteroatoms. The summed E-state index contributed by atoms with van der Waals surface area (Å²) in [7, 11) is 3.08. The number of benzene rings is 2. The lowest BCUT2D eigenvalue weighted by atomic mass is 10.2. The fourth-order valence-corrected chi connectivity index (χ4v) is 2.97. The lowest BCUT2D eigenvalue weighted by molar-refractivity contribution is -0.274. The molecule has 1 aromatic heterocycles. The number of halogens is 3. The van der Waals surface area contributed by atoms with Crippen LogP contribution in [0, 0.1) is 0 Å². The summed E-state index contributed by atoms with van der Waals surface area (Å²) in [5.74, 6) is 1.64. The maximum Gasteiger partial charge on any atom is 0.573 e. The second-order valence-corrected chi connectivity index (χ2v) is 6.38. The van der Waals surface area contributed by atoms with Crippen LogP contribution in [0.25, 0.3) is 11.5 Å². The van der Waals surface area contributed by atoms with Crippen molar-refractivity contribution in [2.45, 2.75) is 17.3 Å². The monoisotopic (exact) mass is 412 g/mol. The summed E-state index contributed by atoms with van der Waals surface area (Å²) >= 11 is 1.26. The fourth-order valence-electron chi connectivity index (χ4n) is 2.25. The fraction of sp³-hybridized carbons (Fsp3) is 0.222. The quantitative estimate of drug-likeness (QED) is 0.509. The predicted octanol–water partition coefficient (Wildman–Crippen LogP) is 4.94. The van der Waals surface area contributed by atoms with Crippen molar-refractivity contribution in [2.75, 3.05) is 14.2 Å². The molecule has 0 N–H and O–H groups in total. The Hall–Kier alpha value is -2.88. The topological polar surface area (TPSA) is 66.6 Å². The van der Waals surface area contributed by atoms with Crippen molar-refractivity contribution >= 4 is 11.8 Å². The van der Waals surface area contributed by atoms with Crippen LogP contribution < -0.4 is 14.2 Å². The van der Waals surface area contributed by atoms with E-state index in [9.17, 15) is 13.2 Å². The Morgan fingerprint density at radius 2 is 1.57 bits per heavy atom. The molecule has 28 heavy (non-hydrogen) atoms. The van der Waals surface area contributed by atoms with Gasteiger partial charge in [-0.3, -0.25) is 0 Å². The van der Waals surface area contributed by atoms with Crippen LogP contribution in [-0.4, -0.2) is 30.8 Å². The van der Waals surface area contributed by atoms with Crippen molar-refractivity contribution in [3.63, 3.8) is 0 Å². The average Bonchev–Trinajstić information content (AvgIpc) is 3.15. The standard InChI is InChI=1S/C18H15F3N2O4S/c1-24-14-7-12(8-15(9-14)25-2)16-22-23-17(26-16)28-10-11-3-5-13(6-4-11)27-18(19,20)21/h3-9H,10H2,1-2H3. The van der Waals surface area contributed by atoms with E-state index in [4.69, 9.17) is 13.9 Å². The van der Waals surface area contributed by atoms with Crippen molar-refractivity contribution in [3.8, 4) is 28.7 Å². The second-order valence-electron chi connectivity index (χ2n) is 5.45. The van der Waals surface area contributed by atoms with Crippen LogP contribution in [0.3, 0.4) is 0 Å². The van der Waals surface area contributed by atoms with Gasteiger partial charge in [0.2, 0.25) is 5.89 Å². The Morgan fingerprint density at radius 1 is 0.929 bits per heavy atom. The first kappa shape index (κ1) is 19.9. The van der Waals surface area contributed by atoms with Gasteiger partial charge in [-0.25, -0.2) is 0 Å². The minimum absolute atomic E-state index is 0.270. The van der Waals surface area contributed by atoms with Gasteiger partial charge in [-0.05, 0) is 29.8 Å². The van der Waals surface area contributed by atoms with E-state index in [-0.39, 0.29) is 5.75 Å². The van der Waals surface area contributed by atoms with E-state index in [2.05, 4.69) is 14.9 Å². The molecule has 1 heterocycles. The van der Waals surface area contributed by atoms with Crippen molar-refractivity contribution < 1.29 is 31.8 Å². The number of methoxy groups -OCH3 is 2. The van der Waals surface area contributed by atoms with E-state index in [1.807, 2.05) is 0 Å². The van der Waals surface area contributed by atoms with Crippen LogP contribution in [0.4, 0.5) is 13.2 Å². The van der Waals surface area contributed by atoms with Crippen LogP contribution in [0.2, 0.25) is 0 Å². The van der Waals surface area contributed by atoms with Crippen LogP contribution in [-0.2, 0) is 5.75 Å². The second kappa shape index (κ2) is 8.42. The Bertz CT molecular complexity index is 907. The number of hydrogen-bond acceptors (Lipinski definition) is 7. The first-order valence-electron chi connectivity index (χ1n) is 7.91. The molecule has 0 aliphatic carbocycles. The maximum absolute atomic E-state index is 12.2. The van der Waals surface area contributed by atoms with Crippen LogP contribution in [0.1, 0.15) is 5.56 Å². The predicted molar refractivity (Wildman–Crippen MR) is 95.5 cm³/mol. The lowest BCUT2D eigenvalue weighted by Crippen LogP contribution is -2.16.